The Bertz CT molecular complexity index is 1130. The fourth-order valence-electron chi connectivity index (χ4n) is 6.63. The van der Waals surface area contributed by atoms with E-state index in [1.54, 1.807) is 4.90 Å². The predicted octanol–water partition coefficient (Wildman–Crippen LogP) is 3.77. The Balaban J connectivity index is 1.05. The molecule has 5 aliphatic rings. The van der Waals surface area contributed by atoms with E-state index in [1.165, 1.54) is 22.3 Å². The minimum absolute atomic E-state index is 0.00455. The highest BCUT2D eigenvalue weighted by Crippen LogP contribution is 2.51. The second-order valence-corrected chi connectivity index (χ2v) is 10.2. The Morgan fingerprint density at radius 1 is 1.00 bits per heavy atom. The molecule has 7 heteroatoms. The molecule has 2 saturated heterocycles. The Morgan fingerprint density at radius 2 is 1.65 bits per heavy atom. The highest BCUT2D eigenvalue weighted by atomic mass is 16.5. The number of fused-ring (bicyclic) bond motifs is 4. The first-order valence-corrected chi connectivity index (χ1v) is 12.1. The first kappa shape index (κ1) is 21.2. The van der Waals surface area contributed by atoms with E-state index in [0.29, 0.717) is 44.6 Å². The molecular weight excluding hydrogens is 432 g/mol. The minimum atomic E-state index is -0.986. The van der Waals surface area contributed by atoms with Gasteiger partial charge in [-0.3, -0.25) is 4.79 Å². The number of carbonyl (C=O) groups excluding carboxylic acids is 2. The molecule has 176 valence electrons. The highest BCUT2D eigenvalue weighted by molar-refractivity contribution is 5.90. The van der Waals surface area contributed by atoms with E-state index in [-0.39, 0.29) is 30.4 Å². The fraction of sp³-hybridized carbons (Fsp3) is 0.444. The number of hydrogen-bond donors (Lipinski definition) is 2. The number of alkyl carbamates (subject to hydrolysis) is 1. The van der Waals surface area contributed by atoms with Gasteiger partial charge in [-0.05, 0) is 60.3 Å². The first-order valence-electron chi connectivity index (χ1n) is 12.1. The molecule has 2 aliphatic heterocycles. The van der Waals surface area contributed by atoms with Crippen LogP contribution in [0.25, 0.3) is 11.1 Å². The van der Waals surface area contributed by atoms with Crippen molar-refractivity contribution >= 4 is 18.0 Å². The number of nitrogens with one attached hydrogen (secondary N) is 1. The van der Waals surface area contributed by atoms with Crippen LogP contribution in [0.15, 0.2) is 48.5 Å². The number of aliphatic carboxylic acids is 1. The Morgan fingerprint density at radius 3 is 2.29 bits per heavy atom. The molecule has 2 saturated carbocycles. The van der Waals surface area contributed by atoms with Gasteiger partial charge in [-0.15, -0.1) is 0 Å². The van der Waals surface area contributed by atoms with Crippen molar-refractivity contribution < 1.29 is 24.2 Å². The molecule has 0 radical (unpaired) electrons. The molecule has 2 aromatic carbocycles. The summed E-state index contributed by atoms with van der Waals surface area (Å²) in [6.07, 6.45) is 2.55. The van der Waals surface area contributed by atoms with Crippen LogP contribution in [-0.2, 0) is 14.3 Å². The molecule has 4 fully saturated rings. The lowest BCUT2D eigenvalue weighted by atomic mass is 9.73. The highest BCUT2D eigenvalue weighted by Gasteiger charge is 2.63. The molecule has 0 spiro atoms. The lowest BCUT2D eigenvalue weighted by molar-refractivity contribution is -0.159. The molecule has 3 aliphatic carbocycles. The number of rotatable bonds is 5. The molecule has 2 unspecified atom stereocenters. The maximum Gasteiger partial charge on any atom is 0.407 e. The van der Waals surface area contributed by atoms with E-state index in [1.807, 2.05) is 24.3 Å². The lowest BCUT2D eigenvalue weighted by Gasteiger charge is -2.38. The lowest BCUT2D eigenvalue weighted by Crippen LogP contribution is -2.55. The summed E-state index contributed by atoms with van der Waals surface area (Å²) in [7, 11) is 0. The maximum atomic E-state index is 13.1. The van der Waals surface area contributed by atoms with Crippen molar-refractivity contribution in [2.75, 3.05) is 13.2 Å². The van der Waals surface area contributed by atoms with E-state index in [4.69, 9.17) is 4.74 Å². The van der Waals surface area contributed by atoms with Crippen LogP contribution < -0.4 is 5.32 Å². The average molecular weight is 461 g/mol. The molecule has 7 nitrogen and oxygen atoms in total. The van der Waals surface area contributed by atoms with Crippen molar-refractivity contribution in [3.63, 3.8) is 0 Å². The quantitative estimate of drug-likeness (QED) is 0.708. The van der Waals surface area contributed by atoms with Crippen LogP contribution in [0.1, 0.15) is 49.1 Å². The van der Waals surface area contributed by atoms with Gasteiger partial charge in [-0.2, -0.15) is 0 Å². The number of hydrogen-bond acceptors (Lipinski definition) is 4. The zero-order chi connectivity index (χ0) is 23.4. The standard InChI is InChI=1S/C27H28N2O5/c30-24(29-14-16-12-27(29,13-16)25(31)32)17-9-10-18(11-17)28-26(33)34-15-23-21-7-3-1-5-19(21)20-6-2-4-8-22(20)23/h1-8,16-18,23H,9-15H2,(H,28,33)(H,31,32). The van der Waals surface area contributed by atoms with Gasteiger partial charge in [-0.25, -0.2) is 9.59 Å². The summed E-state index contributed by atoms with van der Waals surface area (Å²) in [5, 5.41) is 12.6. The Hall–Kier alpha value is -3.35. The first-order chi connectivity index (χ1) is 16.5. The van der Waals surface area contributed by atoms with Crippen molar-refractivity contribution in [2.45, 2.75) is 49.6 Å². The summed E-state index contributed by atoms with van der Waals surface area (Å²) < 4.78 is 5.65. The Kier molecular flexibility index (Phi) is 4.90. The van der Waals surface area contributed by atoms with Crippen molar-refractivity contribution in [1.29, 1.82) is 0 Å². The molecule has 34 heavy (non-hydrogen) atoms. The number of ether oxygens (including phenoxy) is 1. The zero-order valence-electron chi connectivity index (χ0n) is 18.9. The summed E-state index contributed by atoms with van der Waals surface area (Å²) in [6, 6.07) is 16.3. The van der Waals surface area contributed by atoms with Gasteiger partial charge in [0, 0.05) is 24.4 Å². The third kappa shape index (κ3) is 3.21. The van der Waals surface area contributed by atoms with E-state index < -0.39 is 17.6 Å². The van der Waals surface area contributed by atoms with Crippen LogP contribution in [0.2, 0.25) is 0 Å². The third-order valence-electron chi connectivity index (χ3n) is 8.32. The minimum Gasteiger partial charge on any atom is -0.479 e. The molecular formula is C27H28N2O5. The summed E-state index contributed by atoms with van der Waals surface area (Å²) >= 11 is 0. The predicted molar refractivity (Wildman–Crippen MR) is 124 cm³/mol. The van der Waals surface area contributed by atoms with Gasteiger partial charge in [0.1, 0.15) is 12.1 Å². The van der Waals surface area contributed by atoms with Crippen LogP contribution >= 0.6 is 0 Å². The van der Waals surface area contributed by atoms with E-state index in [0.717, 1.165) is 0 Å². The molecule has 2 bridgehead atoms. The topological polar surface area (TPSA) is 95.9 Å². The third-order valence-corrected chi connectivity index (χ3v) is 8.32. The summed E-state index contributed by atoms with van der Waals surface area (Å²) in [5.74, 6) is -0.879. The van der Waals surface area contributed by atoms with Crippen molar-refractivity contribution in [3.05, 3.63) is 59.7 Å². The van der Waals surface area contributed by atoms with E-state index in [2.05, 4.69) is 29.6 Å². The number of amides is 2. The van der Waals surface area contributed by atoms with Crippen molar-refractivity contribution in [1.82, 2.24) is 10.2 Å². The molecule has 2 N–H and O–H groups in total. The number of benzene rings is 2. The molecule has 7 rings (SSSR count). The SMILES string of the molecule is O=C(NC1CCC(C(=O)N2CC3CC2(C(=O)O)C3)C1)OCC1c2ccccc2-c2ccccc21. The molecule has 2 aromatic rings. The van der Waals surface area contributed by atoms with Crippen molar-refractivity contribution in [2.24, 2.45) is 11.8 Å². The smallest absolute Gasteiger partial charge is 0.407 e. The normalized spacial score (nSPS) is 28.7. The second-order valence-electron chi connectivity index (χ2n) is 10.2. The number of nitrogens with zero attached hydrogens (tertiary/aromatic N) is 1. The van der Waals surface area contributed by atoms with Gasteiger partial charge in [-0.1, -0.05) is 48.5 Å². The van der Waals surface area contributed by atoms with Crippen LogP contribution in [0.4, 0.5) is 4.79 Å². The van der Waals surface area contributed by atoms with Gasteiger partial charge in [0.25, 0.3) is 0 Å². The number of carboxylic acid groups (broad SMARTS) is 1. The summed E-state index contributed by atoms with van der Waals surface area (Å²) in [4.78, 5) is 39.0. The van der Waals surface area contributed by atoms with Gasteiger partial charge in [0.05, 0.1) is 0 Å². The zero-order valence-corrected chi connectivity index (χ0v) is 18.9. The van der Waals surface area contributed by atoms with Gasteiger partial charge < -0.3 is 20.1 Å². The van der Waals surface area contributed by atoms with Gasteiger partial charge in [0.15, 0.2) is 0 Å². The summed E-state index contributed by atoms with van der Waals surface area (Å²) in [6.45, 7) is 0.803. The van der Waals surface area contributed by atoms with Gasteiger partial charge in [0.2, 0.25) is 5.91 Å². The van der Waals surface area contributed by atoms with E-state index >= 15 is 0 Å². The maximum absolute atomic E-state index is 13.1. The molecule has 2 atom stereocenters. The van der Waals surface area contributed by atoms with Crippen LogP contribution in [0, 0.1) is 11.8 Å². The number of carboxylic acids is 1. The van der Waals surface area contributed by atoms with Gasteiger partial charge >= 0.3 is 12.1 Å². The van der Waals surface area contributed by atoms with Crippen LogP contribution in [0.5, 0.6) is 0 Å². The second kappa shape index (κ2) is 7.86. The van der Waals surface area contributed by atoms with E-state index in [9.17, 15) is 19.5 Å². The molecule has 2 heterocycles. The van der Waals surface area contributed by atoms with Crippen LogP contribution in [-0.4, -0.2) is 52.7 Å². The van der Waals surface area contributed by atoms with Crippen molar-refractivity contribution in [3.8, 4) is 11.1 Å². The molecule has 2 amide bonds. The Labute approximate surface area is 198 Å². The monoisotopic (exact) mass is 460 g/mol. The largest absolute Gasteiger partial charge is 0.479 e. The molecule has 0 aromatic heterocycles. The number of carbonyl (C=O) groups is 3. The fourth-order valence-corrected chi connectivity index (χ4v) is 6.63. The summed E-state index contributed by atoms with van der Waals surface area (Å²) in [5.41, 5.74) is 3.71. The van der Waals surface area contributed by atoms with Crippen LogP contribution in [0.3, 0.4) is 0 Å². The average Bonchev–Trinajstić information content (AvgIpc) is 3.57.